The van der Waals surface area contributed by atoms with Crippen LogP contribution in [0.5, 0.6) is 11.5 Å². The third-order valence-corrected chi connectivity index (χ3v) is 4.28. The molecule has 7 nitrogen and oxygen atoms in total. The maximum absolute atomic E-state index is 12.5. The Morgan fingerprint density at radius 2 is 1.87 bits per heavy atom. The molecule has 1 amide bonds. The van der Waals surface area contributed by atoms with Gasteiger partial charge in [-0.2, -0.15) is 5.26 Å². The smallest absolute Gasteiger partial charge is 0.344 e. The summed E-state index contributed by atoms with van der Waals surface area (Å²) in [6.07, 6.45) is 1.45. The number of carbonyl (C=O) groups is 2. The highest BCUT2D eigenvalue weighted by Gasteiger charge is 2.12. The maximum Gasteiger partial charge on any atom is 0.344 e. The van der Waals surface area contributed by atoms with Gasteiger partial charge in [0.1, 0.15) is 11.6 Å². The van der Waals surface area contributed by atoms with E-state index in [1.165, 1.54) is 13.2 Å². The van der Waals surface area contributed by atoms with Gasteiger partial charge < -0.3 is 19.5 Å². The first-order valence-electron chi connectivity index (χ1n) is 9.34. The molecule has 0 heterocycles. The predicted molar refractivity (Wildman–Crippen MR) is 113 cm³/mol. The number of methoxy groups -OCH3 is 1. The zero-order valence-corrected chi connectivity index (χ0v) is 17.4. The van der Waals surface area contributed by atoms with Crippen LogP contribution in [0.1, 0.15) is 23.6 Å². The summed E-state index contributed by atoms with van der Waals surface area (Å²) < 4.78 is 15.5. The molecular formula is C23H24N2O5. The number of rotatable bonds is 8. The van der Waals surface area contributed by atoms with Crippen molar-refractivity contribution in [1.29, 1.82) is 5.26 Å². The number of nitriles is 1. The van der Waals surface area contributed by atoms with Crippen molar-refractivity contribution in [2.24, 2.45) is 0 Å². The number of anilines is 1. The molecule has 0 unspecified atom stereocenters. The van der Waals surface area contributed by atoms with Gasteiger partial charge in [-0.25, -0.2) is 4.79 Å². The summed E-state index contributed by atoms with van der Waals surface area (Å²) in [4.78, 5) is 23.9. The average Bonchev–Trinajstić information content (AvgIpc) is 2.73. The molecular weight excluding hydrogens is 384 g/mol. The predicted octanol–water partition coefficient (Wildman–Crippen LogP) is 3.80. The fraction of sp³-hybridized carbons (Fsp3) is 0.261. The number of carbonyl (C=O) groups excluding carboxylic acids is 2. The molecule has 0 saturated carbocycles. The molecule has 0 radical (unpaired) electrons. The van der Waals surface area contributed by atoms with Gasteiger partial charge in [-0.1, -0.05) is 12.1 Å². The van der Waals surface area contributed by atoms with Crippen LogP contribution in [-0.4, -0.2) is 32.2 Å². The zero-order valence-electron chi connectivity index (χ0n) is 17.4. The van der Waals surface area contributed by atoms with Crippen LogP contribution in [0.4, 0.5) is 5.69 Å². The van der Waals surface area contributed by atoms with Gasteiger partial charge in [-0.15, -0.1) is 0 Å². The van der Waals surface area contributed by atoms with E-state index in [4.69, 9.17) is 14.2 Å². The number of nitrogens with one attached hydrogen (secondary N) is 1. The lowest BCUT2D eigenvalue weighted by Crippen LogP contribution is -2.15. The van der Waals surface area contributed by atoms with Crippen LogP contribution >= 0.6 is 0 Å². The first kappa shape index (κ1) is 22.5. The Kier molecular flexibility index (Phi) is 8.00. The highest BCUT2D eigenvalue weighted by atomic mass is 16.6. The molecule has 1 N–H and O–H groups in total. The molecule has 0 bridgehead atoms. The Morgan fingerprint density at radius 1 is 1.10 bits per heavy atom. The van der Waals surface area contributed by atoms with E-state index in [1.54, 1.807) is 31.2 Å². The molecule has 156 valence electrons. The lowest BCUT2D eigenvalue weighted by atomic mass is 10.1. The second kappa shape index (κ2) is 10.7. The second-order valence-corrected chi connectivity index (χ2v) is 6.43. The van der Waals surface area contributed by atoms with E-state index < -0.39 is 11.9 Å². The second-order valence-electron chi connectivity index (χ2n) is 6.43. The zero-order chi connectivity index (χ0) is 22.1. The topological polar surface area (TPSA) is 97.7 Å². The Morgan fingerprint density at radius 3 is 2.50 bits per heavy atom. The Labute approximate surface area is 175 Å². The fourth-order valence-electron chi connectivity index (χ4n) is 2.57. The van der Waals surface area contributed by atoms with Crippen LogP contribution in [0, 0.1) is 25.2 Å². The van der Waals surface area contributed by atoms with Crippen molar-refractivity contribution in [3.8, 4) is 17.6 Å². The standard InChI is InChI=1S/C23H24N2O5/c1-5-29-22(26)14-30-20-9-7-17(12-21(20)28-4)11-18(13-24)23(27)25-19-8-6-15(2)16(3)10-19/h6-12H,5,14H2,1-4H3,(H,25,27)/b18-11+. The SMILES string of the molecule is CCOC(=O)COc1ccc(/C=C(\C#N)C(=O)Nc2ccc(C)c(C)c2)cc1OC. The van der Waals surface area contributed by atoms with Crippen LogP contribution in [0.25, 0.3) is 6.08 Å². The summed E-state index contributed by atoms with van der Waals surface area (Å²) in [6.45, 7) is 5.66. The minimum absolute atomic E-state index is 0.0597. The van der Waals surface area contributed by atoms with Crippen molar-refractivity contribution >= 4 is 23.6 Å². The number of hydrogen-bond acceptors (Lipinski definition) is 6. The molecule has 0 saturated heterocycles. The minimum atomic E-state index is -0.512. The molecule has 7 heteroatoms. The first-order chi connectivity index (χ1) is 14.4. The van der Waals surface area contributed by atoms with Gasteiger partial charge in [0.25, 0.3) is 5.91 Å². The molecule has 30 heavy (non-hydrogen) atoms. The molecule has 0 aliphatic rings. The van der Waals surface area contributed by atoms with Crippen LogP contribution in [-0.2, 0) is 14.3 Å². The number of hydrogen-bond donors (Lipinski definition) is 1. The van der Waals surface area contributed by atoms with Gasteiger partial charge in [0.2, 0.25) is 0 Å². The van der Waals surface area contributed by atoms with E-state index in [0.29, 0.717) is 22.7 Å². The number of esters is 1. The van der Waals surface area contributed by atoms with E-state index in [9.17, 15) is 14.9 Å². The number of ether oxygens (including phenoxy) is 3. The summed E-state index contributed by atoms with van der Waals surface area (Å²) in [5.74, 6) is -0.290. The summed E-state index contributed by atoms with van der Waals surface area (Å²) in [5, 5.41) is 12.2. The first-order valence-corrected chi connectivity index (χ1v) is 9.34. The molecule has 0 aromatic heterocycles. The van der Waals surface area contributed by atoms with Gasteiger partial charge >= 0.3 is 5.97 Å². The summed E-state index contributed by atoms with van der Waals surface area (Å²) in [7, 11) is 1.46. The van der Waals surface area contributed by atoms with Gasteiger partial charge in [-0.05, 0) is 67.8 Å². The molecule has 2 aromatic rings. The van der Waals surface area contributed by atoms with Crippen LogP contribution in [0.2, 0.25) is 0 Å². The van der Waals surface area contributed by atoms with Crippen LogP contribution < -0.4 is 14.8 Å². The highest BCUT2D eigenvalue weighted by Crippen LogP contribution is 2.29. The summed E-state index contributed by atoms with van der Waals surface area (Å²) >= 11 is 0. The van der Waals surface area contributed by atoms with E-state index in [1.807, 2.05) is 32.0 Å². The number of benzene rings is 2. The number of aryl methyl sites for hydroxylation is 2. The van der Waals surface area contributed by atoms with Crippen molar-refractivity contribution in [2.75, 3.05) is 25.6 Å². The Hall–Kier alpha value is -3.79. The molecule has 0 aliphatic heterocycles. The van der Waals surface area contributed by atoms with E-state index in [2.05, 4.69) is 5.32 Å². The average molecular weight is 408 g/mol. The van der Waals surface area contributed by atoms with Crippen molar-refractivity contribution in [3.63, 3.8) is 0 Å². The third-order valence-electron chi connectivity index (χ3n) is 4.28. The van der Waals surface area contributed by atoms with Crippen LogP contribution in [0.15, 0.2) is 42.0 Å². The lowest BCUT2D eigenvalue weighted by molar-refractivity contribution is -0.145. The van der Waals surface area contributed by atoms with E-state index >= 15 is 0 Å². The monoisotopic (exact) mass is 408 g/mol. The summed E-state index contributed by atoms with van der Waals surface area (Å²) in [6, 6.07) is 12.3. The fourth-order valence-corrected chi connectivity index (χ4v) is 2.57. The van der Waals surface area contributed by atoms with Crippen molar-refractivity contribution in [2.45, 2.75) is 20.8 Å². The molecule has 0 fully saturated rings. The maximum atomic E-state index is 12.5. The van der Waals surface area contributed by atoms with Gasteiger partial charge in [0.15, 0.2) is 18.1 Å². The van der Waals surface area contributed by atoms with Gasteiger partial charge in [0, 0.05) is 5.69 Å². The van der Waals surface area contributed by atoms with Crippen LogP contribution in [0.3, 0.4) is 0 Å². The van der Waals surface area contributed by atoms with Crippen molar-refractivity contribution < 1.29 is 23.8 Å². The van der Waals surface area contributed by atoms with Crippen molar-refractivity contribution in [1.82, 2.24) is 0 Å². The summed E-state index contributed by atoms with van der Waals surface area (Å²) in [5.41, 5.74) is 3.28. The molecule has 2 rings (SSSR count). The normalized spacial score (nSPS) is 10.7. The van der Waals surface area contributed by atoms with E-state index in [0.717, 1.165) is 11.1 Å². The quantitative estimate of drug-likeness (QED) is 0.405. The van der Waals surface area contributed by atoms with Gasteiger partial charge in [-0.3, -0.25) is 4.79 Å². The third kappa shape index (κ3) is 6.11. The highest BCUT2D eigenvalue weighted by molar-refractivity contribution is 6.09. The number of amides is 1. The molecule has 0 spiro atoms. The number of nitrogens with zero attached hydrogens (tertiary/aromatic N) is 1. The molecule has 0 atom stereocenters. The largest absolute Gasteiger partial charge is 0.493 e. The molecule has 2 aromatic carbocycles. The lowest BCUT2D eigenvalue weighted by Gasteiger charge is -2.11. The molecule has 0 aliphatic carbocycles. The van der Waals surface area contributed by atoms with Gasteiger partial charge in [0.05, 0.1) is 13.7 Å². The Bertz CT molecular complexity index is 1010. The minimum Gasteiger partial charge on any atom is -0.493 e. The van der Waals surface area contributed by atoms with E-state index in [-0.39, 0.29) is 18.8 Å². The van der Waals surface area contributed by atoms with Crippen molar-refractivity contribution in [3.05, 3.63) is 58.7 Å². The Balaban J connectivity index is 2.17.